The van der Waals surface area contributed by atoms with Crippen LogP contribution in [0.2, 0.25) is 0 Å². The van der Waals surface area contributed by atoms with E-state index in [2.05, 4.69) is 31.6 Å². The van der Waals surface area contributed by atoms with Crippen LogP contribution in [-0.2, 0) is 60.7 Å². The van der Waals surface area contributed by atoms with Gasteiger partial charge in [-0.2, -0.15) is 0 Å². The van der Waals surface area contributed by atoms with Crippen molar-refractivity contribution in [3.63, 3.8) is 0 Å². The summed E-state index contributed by atoms with van der Waals surface area (Å²) < 4.78 is 23.8. The Bertz CT molecular complexity index is 3490. The van der Waals surface area contributed by atoms with Crippen LogP contribution in [0.3, 0.4) is 0 Å². The number of nitrogens with one attached hydrogen (secondary N) is 5. The number of nitrogens with two attached hydrogens (primary N) is 1. The summed E-state index contributed by atoms with van der Waals surface area (Å²) >= 11 is 1.47. The molecule has 11 atom stereocenters. The molecule has 100 heavy (non-hydrogen) atoms. The summed E-state index contributed by atoms with van der Waals surface area (Å²) in [6.45, 7) is 17.1. The fourth-order valence-electron chi connectivity index (χ4n) is 13.9. The highest BCUT2D eigenvalue weighted by molar-refractivity contribution is 7.09. The van der Waals surface area contributed by atoms with Crippen molar-refractivity contribution in [3.05, 3.63) is 142 Å². The smallest absolute Gasteiger partial charge is 0.410 e. The minimum absolute atomic E-state index is 0.0538. The van der Waals surface area contributed by atoms with Crippen molar-refractivity contribution in [2.24, 2.45) is 41.2 Å². The van der Waals surface area contributed by atoms with E-state index < -0.39 is 102 Å². The first kappa shape index (κ1) is 78.6. The number of amides is 9. The second kappa shape index (κ2) is 37.6. The molecule has 9 amide bonds. The van der Waals surface area contributed by atoms with Gasteiger partial charge in [0.05, 0.1) is 48.7 Å². The second-order valence-electron chi connectivity index (χ2n) is 27.5. The Morgan fingerprint density at radius 3 is 1.92 bits per heavy atom. The standard InChI is InChI=1S/C76H104N10O13S/c1-14-48(8)67(62(96-12)42-63(88)86-38-23-31-60(86)68(97-13)49(9)69(89)81-59(72-78-37-39-100-72)40-50-24-16-15-17-25-50)84(10)73(92)65(46(4)5)82-71(91)66(47(6)7)85(11)76(95)99-43-51-32-34-53(35-33-51)80-70(90)52(26-22-36-79-74(77)93)41-61(87)64(45(2)3)83-75(94)98-44-58-56-29-20-18-27-54(56)55-28-19-21-30-57(55)58/h15-21,24-25,27-30,32-35,37,39,45-49,52,58-60,62,64-68H,14,22-23,26,31,36,38,40-44H2,1-13H3,(H,80,90)(H,81,89)(H,82,91)(H,83,94)(H3,77,79,93)/t48-,49+,52+,59-,60-,62+,64-,65-,66-,67-,68+/m0/s1. The van der Waals surface area contributed by atoms with E-state index in [4.69, 9.17) is 24.7 Å². The van der Waals surface area contributed by atoms with Crippen molar-refractivity contribution in [3.8, 4) is 11.1 Å². The number of aromatic nitrogens is 1. The van der Waals surface area contributed by atoms with E-state index in [0.717, 1.165) is 32.8 Å². The molecule has 1 aromatic heterocycles. The molecule has 1 saturated heterocycles. The van der Waals surface area contributed by atoms with Gasteiger partial charge in [-0.15, -0.1) is 11.3 Å². The first-order chi connectivity index (χ1) is 47.8. The van der Waals surface area contributed by atoms with Crippen LogP contribution in [0, 0.1) is 35.5 Å². The number of nitrogens with zero attached hydrogens (tertiary/aromatic N) is 4. The largest absolute Gasteiger partial charge is 0.449 e. The number of rotatable bonds is 36. The Hall–Kier alpha value is -8.74. The van der Waals surface area contributed by atoms with Crippen LogP contribution in [-0.4, -0.2) is 164 Å². The van der Waals surface area contributed by atoms with Crippen molar-refractivity contribution < 1.29 is 62.1 Å². The first-order valence-electron chi connectivity index (χ1n) is 34.9. The lowest BCUT2D eigenvalue weighted by Gasteiger charge is -2.41. The van der Waals surface area contributed by atoms with Gasteiger partial charge in [0.15, 0.2) is 5.78 Å². The van der Waals surface area contributed by atoms with Gasteiger partial charge in [-0.3, -0.25) is 33.7 Å². The van der Waals surface area contributed by atoms with Gasteiger partial charge in [-0.1, -0.05) is 160 Å². The zero-order valence-corrected chi connectivity index (χ0v) is 61.0. The number of carbonyl (C=O) groups excluding carboxylic acids is 9. The Morgan fingerprint density at radius 2 is 1.34 bits per heavy atom. The summed E-state index contributed by atoms with van der Waals surface area (Å²) in [7, 11) is 6.20. The average Bonchev–Trinajstić information content (AvgIpc) is 1.61. The average molecular weight is 1400 g/mol. The number of fused-ring (bicyclic) bond motifs is 3. The molecule has 4 aromatic carbocycles. The molecular formula is C76H104N10O13S. The zero-order valence-electron chi connectivity index (χ0n) is 60.2. The highest BCUT2D eigenvalue weighted by Crippen LogP contribution is 2.45. The van der Waals surface area contributed by atoms with Crippen LogP contribution in [0.5, 0.6) is 0 Å². The third-order valence-electron chi connectivity index (χ3n) is 19.5. The summed E-state index contributed by atoms with van der Waals surface area (Å²) in [5, 5.41) is 17.0. The normalized spacial score (nSPS) is 16.5. The molecule has 2 heterocycles. The fourth-order valence-corrected chi connectivity index (χ4v) is 14.6. The lowest BCUT2D eigenvalue weighted by Crippen LogP contribution is -2.60. The quantitative estimate of drug-likeness (QED) is 0.0203. The summed E-state index contributed by atoms with van der Waals surface area (Å²) in [5.74, 6) is -5.30. The molecule has 0 saturated carbocycles. The summed E-state index contributed by atoms with van der Waals surface area (Å²) in [4.78, 5) is 134. The monoisotopic (exact) mass is 1400 g/mol. The van der Waals surface area contributed by atoms with Crippen molar-refractivity contribution in [1.82, 2.24) is 41.0 Å². The number of hydrogen-bond donors (Lipinski definition) is 6. The molecule has 0 radical (unpaired) electrons. The number of hydrogen-bond acceptors (Lipinski definition) is 15. The first-order valence-corrected chi connectivity index (χ1v) is 35.8. The van der Waals surface area contributed by atoms with E-state index in [1.807, 2.05) is 119 Å². The lowest BCUT2D eigenvalue weighted by atomic mass is 9.89. The van der Waals surface area contributed by atoms with Gasteiger partial charge in [-0.25, -0.2) is 19.4 Å². The maximum Gasteiger partial charge on any atom is 0.410 e. The lowest BCUT2D eigenvalue weighted by molar-refractivity contribution is -0.148. The topological polar surface area (TPSA) is 299 Å². The summed E-state index contributed by atoms with van der Waals surface area (Å²) in [5.41, 5.74) is 11.5. The van der Waals surface area contributed by atoms with Crippen LogP contribution < -0.4 is 32.3 Å². The predicted octanol–water partition coefficient (Wildman–Crippen LogP) is 10.4. The minimum Gasteiger partial charge on any atom is -0.449 e. The van der Waals surface area contributed by atoms with Crippen LogP contribution in [0.25, 0.3) is 11.1 Å². The van der Waals surface area contributed by atoms with E-state index in [1.165, 1.54) is 30.4 Å². The molecule has 23 nitrogen and oxygen atoms in total. The van der Waals surface area contributed by atoms with Crippen molar-refractivity contribution in [2.75, 3.05) is 53.3 Å². The molecular weight excluding hydrogens is 1290 g/mol. The van der Waals surface area contributed by atoms with Gasteiger partial charge in [-0.05, 0) is 101 Å². The molecule has 2 aliphatic rings. The molecule has 1 fully saturated rings. The number of likely N-dealkylation sites (tertiary alicyclic amines) is 1. The Labute approximate surface area is 593 Å². The van der Waals surface area contributed by atoms with E-state index in [0.29, 0.717) is 49.9 Å². The predicted molar refractivity (Wildman–Crippen MR) is 384 cm³/mol. The number of anilines is 1. The number of carbonyl (C=O) groups is 9. The number of benzene rings is 4. The SMILES string of the molecule is CC[C@H](C)[C@@H]([C@@H](CC(=O)N1CCC[C@H]1[C@H](OC)[C@@H](C)C(=O)N[C@@H](Cc1ccccc1)c1nccs1)OC)N(C)C(=O)[C@@H](NC(=O)[C@H](C(C)C)N(C)C(=O)OCc1ccc(NC(=O)[C@H](CCCNC(N)=O)CC(=O)[C@@H](NC(=O)OCC2c3ccccc3-c3ccccc32)C(C)C)cc1)C(C)C. The van der Waals surface area contributed by atoms with E-state index in [1.54, 1.807) is 82.1 Å². The second-order valence-corrected chi connectivity index (χ2v) is 28.4. The van der Waals surface area contributed by atoms with Gasteiger partial charge in [0.1, 0.15) is 30.3 Å². The molecule has 1 aliphatic carbocycles. The molecule has 5 aromatic rings. The van der Waals surface area contributed by atoms with Crippen molar-refractivity contribution >= 4 is 70.6 Å². The summed E-state index contributed by atoms with van der Waals surface area (Å²) in [6.07, 6.45) is 1.49. The van der Waals surface area contributed by atoms with E-state index in [-0.39, 0.29) is 80.4 Å². The molecule has 24 heteroatoms. The van der Waals surface area contributed by atoms with Crippen LogP contribution in [0.4, 0.5) is 20.1 Å². The number of methoxy groups -OCH3 is 2. The van der Waals surface area contributed by atoms with E-state index in [9.17, 15) is 43.2 Å². The van der Waals surface area contributed by atoms with Crippen molar-refractivity contribution in [2.45, 2.75) is 175 Å². The summed E-state index contributed by atoms with van der Waals surface area (Å²) in [6, 6.07) is 27.2. The fraction of sp³-hybridized carbons (Fsp3) is 0.526. The third kappa shape index (κ3) is 20.7. The van der Waals surface area contributed by atoms with Gasteiger partial charge in [0.2, 0.25) is 29.5 Å². The van der Waals surface area contributed by atoms with Gasteiger partial charge in [0, 0.05) is 76.9 Å². The Kier molecular flexibility index (Phi) is 29.6. The maximum absolute atomic E-state index is 14.9. The van der Waals surface area contributed by atoms with Crippen LogP contribution in [0.1, 0.15) is 146 Å². The zero-order chi connectivity index (χ0) is 72.9. The number of primary amides is 1. The van der Waals surface area contributed by atoms with Crippen LogP contribution in [0.15, 0.2) is 115 Å². The number of ether oxygens (including phenoxy) is 4. The molecule has 0 bridgehead atoms. The number of likely N-dealkylation sites (N-methyl/N-ethyl adjacent to an activating group) is 2. The Balaban J connectivity index is 0.934. The number of urea groups is 1. The molecule has 7 N–H and O–H groups in total. The molecule has 0 unspecified atom stereocenters. The molecule has 7 rings (SSSR count). The number of alkyl carbamates (subject to hydrolysis) is 1. The third-order valence-corrected chi connectivity index (χ3v) is 20.4. The van der Waals surface area contributed by atoms with Gasteiger partial charge < -0.3 is 61.1 Å². The van der Waals surface area contributed by atoms with Gasteiger partial charge in [0.25, 0.3) is 0 Å². The number of thiazole rings is 1. The molecule has 542 valence electrons. The molecule has 1 aliphatic heterocycles. The molecule has 0 spiro atoms. The maximum atomic E-state index is 14.9. The van der Waals surface area contributed by atoms with Crippen LogP contribution >= 0.6 is 11.3 Å². The number of ketones is 1. The number of Topliss-reactive ketones (excluding diaryl/α,β-unsaturated/α-hetero) is 1. The van der Waals surface area contributed by atoms with Gasteiger partial charge >= 0.3 is 18.2 Å². The highest BCUT2D eigenvalue weighted by atomic mass is 32.1. The van der Waals surface area contributed by atoms with Crippen molar-refractivity contribution in [1.29, 1.82) is 0 Å². The Morgan fingerprint density at radius 1 is 0.700 bits per heavy atom. The minimum atomic E-state index is -1.07. The van der Waals surface area contributed by atoms with E-state index >= 15 is 0 Å². The highest BCUT2D eigenvalue weighted by Gasteiger charge is 2.44.